The Kier molecular flexibility index (Phi) is 8.92. The van der Waals surface area contributed by atoms with Crippen molar-refractivity contribution < 1.29 is 28.7 Å². The SMILES string of the molecule is CCOc1cc(/C=C2/C(=O)NC(=O)N(c3ccc(C)c(C)c3)C2=O)cc(Br)c1OCC(=O)Nc1cccc(C)c1C. The minimum Gasteiger partial charge on any atom is -0.490 e. The summed E-state index contributed by atoms with van der Waals surface area (Å²) >= 11 is 3.46. The number of urea groups is 1. The van der Waals surface area contributed by atoms with Gasteiger partial charge in [-0.05, 0) is 115 Å². The monoisotopic (exact) mass is 619 g/mol. The quantitative estimate of drug-likeness (QED) is 0.244. The molecule has 41 heavy (non-hydrogen) atoms. The number of hydrogen-bond donors (Lipinski definition) is 2. The highest BCUT2D eigenvalue weighted by atomic mass is 79.9. The maximum absolute atomic E-state index is 13.3. The Labute approximate surface area is 246 Å². The zero-order valence-electron chi connectivity index (χ0n) is 23.4. The molecule has 0 unspecified atom stereocenters. The van der Waals surface area contributed by atoms with Crippen LogP contribution in [-0.2, 0) is 14.4 Å². The fraction of sp³-hybridized carbons (Fsp3) is 0.226. The van der Waals surface area contributed by atoms with Gasteiger partial charge in [0.05, 0.1) is 16.8 Å². The van der Waals surface area contributed by atoms with Gasteiger partial charge in [0.25, 0.3) is 17.7 Å². The Morgan fingerprint density at radius 1 is 0.976 bits per heavy atom. The number of anilines is 2. The van der Waals surface area contributed by atoms with Crippen LogP contribution in [0.5, 0.6) is 11.5 Å². The predicted octanol–water partition coefficient (Wildman–Crippen LogP) is 5.77. The largest absolute Gasteiger partial charge is 0.490 e. The van der Waals surface area contributed by atoms with E-state index in [2.05, 4.69) is 26.6 Å². The number of halogens is 1. The van der Waals surface area contributed by atoms with Crippen LogP contribution in [0.15, 0.2) is 58.6 Å². The topological polar surface area (TPSA) is 114 Å². The minimum atomic E-state index is -0.820. The van der Waals surface area contributed by atoms with Gasteiger partial charge in [0, 0.05) is 5.69 Å². The van der Waals surface area contributed by atoms with Crippen LogP contribution in [0.1, 0.15) is 34.7 Å². The van der Waals surface area contributed by atoms with Crippen molar-refractivity contribution in [2.45, 2.75) is 34.6 Å². The van der Waals surface area contributed by atoms with Crippen molar-refractivity contribution in [1.29, 1.82) is 0 Å². The number of nitrogens with one attached hydrogen (secondary N) is 2. The number of imide groups is 2. The normalized spacial score (nSPS) is 14.2. The molecule has 9 nitrogen and oxygen atoms in total. The van der Waals surface area contributed by atoms with Crippen LogP contribution in [-0.4, -0.2) is 37.0 Å². The molecule has 0 atom stereocenters. The van der Waals surface area contributed by atoms with Crippen molar-refractivity contribution in [3.05, 3.63) is 86.4 Å². The molecular weight excluding hydrogens is 590 g/mol. The van der Waals surface area contributed by atoms with Crippen LogP contribution in [0.3, 0.4) is 0 Å². The van der Waals surface area contributed by atoms with E-state index in [-0.39, 0.29) is 23.8 Å². The number of carbonyl (C=O) groups excluding carboxylic acids is 4. The number of barbiturate groups is 1. The molecule has 5 amide bonds. The van der Waals surface area contributed by atoms with E-state index in [9.17, 15) is 19.2 Å². The summed E-state index contributed by atoms with van der Waals surface area (Å²) in [6.45, 7) is 9.50. The zero-order chi connectivity index (χ0) is 29.8. The van der Waals surface area contributed by atoms with Gasteiger partial charge < -0.3 is 14.8 Å². The van der Waals surface area contributed by atoms with Gasteiger partial charge in [-0.3, -0.25) is 19.7 Å². The summed E-state index contributed by atoms with van der Waals surface area (Å²) in [5.41, 5.74) is 5.20. The summed E-state index contributed by atoms with van der Waals surface area (Å²) in [6.07, 6.45) is 1.38. The van der Waals surface area contributed by atoms with Crippen molar-refractivity contribution in [2.75, 3.05) is 23.4 Å². The molecule has 0 saturated carbocycles. The molecule has 1 saturated heterocycles. The predicted molar refractivity (Wildman–Crippen MR) is 160 cm³/mol. The fourth-order valence-electron chi connectivity index (χ4n) is 4.21. The molecule has 1 aliphatic rings. The van der Waals surface area contributed by atoms with Crippen LogP contribution in [0, 0.1) is 27.7 Å². The highest BCUT2D eigenvalue weighted by Crippen LogP contribution is 2.38. The van der Waals surface area contributed by atoms with Gasteiger partial charge in [0.15, 0.2) is 18.1 Å². The second-order valence-electron chi connectivity index (χ2n) is 9.57. The fourth-order valence-corrected chi connectivity index (χ4v) is 4.78. The molecule has 3 aromatic carbocycles. The summed E-state index contributed by atoms with van der Waals surface area (Å²) < 4.78 is 12.0. The smallest absolute Gasteiger partial charge is 0.335 e. The zero-order valence-corrected chi connectivity index (χ0v) is 25.0. The van der Waals surface area contributed by atoms with Gasteiger partial charge in [0.2, 0.25) is 0 Å². The van der Waals surface area contributed by atoms with Crippen LogP contribution >= 0.6 is 15.9 Å². The van der Waals surface area contributed by atoms with E-state index in [0.29, 0.717) is 33.8 Å². The number of amides is 5. The summed E-state index contributed by atoms with van der Waals surface area (Å²) in [4.78, 5) is 52.2. The molecule has 2 N–H and O–H groups in total. The third-order valence-corrected chi connectivity index (χ3v) is 7.31. The minimum absolute atomic E-state index is 0.223. The first kappa shape index (κ1) is 29.5. The molecule has 212 valence electrons. The highest BCUT2D eigenvalue weighted by Gasteiger charge is 2.37. The molecule has 1 aliphatic heterocycles. The maximum atomic E-state index is 13.3. The molecule has 10 heteroatoms. The lowest BCUT2D eigenvalue weighted by molar-refractivity contribution is -0.122. The molecule has 0 bridgehead atoms. The number of ether oxygens (including phenoxy) is 2. The third kappa shape index (κ3) is 6.49. The van der Waals surface area contributed by atoms with Crippen molar-refractivity contribution in [3.63, 3.8) is 0 Å². The lowest BCUT2D eigenvalue weighted by Crippen LogP contribution is -2.54. The Bertz CT molecular complexity index is 1600. The van der Waals surface area contributed by atoms with Crippen molar-refractivity contribution in [1.82, 2.24) is 5.32 Å². The number of nitrogens with zero attached hydrogens (tertiary/aromatic N) is 1. The summed E-state index contributed by atoms with van der Waals surface area (Å²) in [6, 6.07) is 13.2. The molecule has 0 spiro atoms. The van der Waals surface area contributed by atoms with Gasteiger partial charge in [-0.1, -0.05) is 18.2 Å². The number of hydrogen-bond acceptors (Lipinski definition) is 6. The van der Waals surface area contributed by atoms with Crippen molar-refractivity contribution >= 4 is 57.1 Å². The molecule has 0 aliphatic carbocycles. The first-order valence-corrected chi connectivity index (χ1v) is 13.7. The average Bonchev–Trinajstić information content (AvgIpc) is 2.91. The average molecular weight is 621 g/mol. The number of carbonyl (C=O) groups is 4. The van der Waals surface area contributed by atoms with E-state index >= 15 is 0 Å². The molecule has 1 heterocycles. The Morgan fingerprint density at radius 2 is 1.73 bits per heavy atom. The van der Waals surface area contributed by atoms with Gasteiger partial charge in [-0.15, -0.1) is 0 Å². The second kappa shape index (κ2) is 12.4. The Morgan fingerprint density at radius 3 is 2.44 bits per heavy atom. The summed E-state index contributed by atoms with van der Waals surface area (Å²) in [5, 5.41) is 5.09. The number of aryl methyl sites for hydroxylation is 3. The van der Waals surface area contributed by atoms with Gasteiger partial charge in [0.1, 0.15) is 5.57 Å². The highest BCUT2D eigenvalue weighted by molar-refractivity contribution is 9.10. The number of benzene rings is 3. The van der Waals surface area contributed by atoms with Gasteiger partial charge >= 0.3 is 6.03 Å². The van der Waals surface area contributed by atoms with Crippen LogP contribution in [0.4, 0.5) is 16.2 Å². The lowest BCUT2D eigenvalue weighted by atomic mass is 10.0. The second-order valence-corrected chi connectivity index (χ2v) is 10.4. The van der Waals surface area contributed by atoms with E-state index in [0.717, 1.165) is 27.2 Å². The number of rotatable bonds is 8. The van der Waals surface area contributed by atoms with Crippen LogP contribution in [0.2, 0.25) is 0 Å². The lowest BCUT2D eigenvalue weighted by Gasteiger charge is -2.27. The van der Waals surface area contributed by atoms with Gasteiger partial charge in [-0.2, -0.15) is 0 Å². The molecule has 0 radical (unpaired) electrons. The summed E-state index contributed by atoms with van der Waals surface area (Å²) in [5.74, 6) is -1.31. The molecule has 3 aromatic rings. The molecule has 0 aromatic heterocycles. The van der Waals surface area contributed by atoms with E-state index in [4.69, 9.17) is 9.47 Å². The van der Waals surface area contributed by atoms with E-state index in [1.807, 2.05) is 45.9 Å². The molecule has 4 rings (SSSR count). The van der Waals surface area contributed by atoms with E-state index in [1.54, 1.807) is 37.3 Å². The molecular formula is C31H30BrN3O6. The van der Waals surface area contributed by atoms with Crippen molar-refractivity contribution in [2.24, 2.45) is 0 Å². The van der Waals surface area contributed by atoms with Crippen molar-refractivity contribution in [3.8, 4) is 11.5 Å². The first-order chi connectivity index (χ1) is 19.5. The standard InChI is InChI=1S/C31H30BrN3O6/c1-6-40-26-15-21(14-24(32)28(26)41-16-27(36)33-25-9-7-8-18(3)20(25)5)13-23-29(37)34-31(39)35(30(23)38)22-11-10-17(2)19(4)12-22/h7-15H,6,16H2,1-5H3,(H,33,36)(H,34,37,39)/b23-13-. The Hall–Kier alpha value is -4.44. The Balaban J connectivity index is 1.59. The molecule has 1 fully saturated rings. The van der Waals surface area contributed by atoms with E-state index in [1.165, 1.54) is 6.08 Å². The van der Waals surface area contributed by atoms with Crippen LogP contribution in [0.25, 0.3) is 6.08 Å². The van der Waals surface area contributed by atoms with Gasteiger partial charge in [-0.25, -0.2) is 9.69 Å². The maximum Gasteiger partial charge on any atom is 0.335 e. The third-order valence-electron chi connectivity index (χ3n) is 6.72. The first-order valence-electron chi connectivity index (χ1n) is 12.9. The summed E-state index contributed by atoms with van der Waals surface area (Å²) in [7, 11) is 0. The van der Waals surface area contributed by atoms with E-state index < -0.39 is 17.8 Å². The van der Waals surface area contributed by atoms with Crippen LogP contribution < -0.4 is 25.0 Å².